The maximum atomic E-state index is 12.3. The van der Waals surface area contributed by atoms with E-state index in [-0.39, 0.29) is 12.5 Å². The minimum Gasteiger partial charge on any atom is -0.395 e. The zero-order valence-electron chi connectivity index (χ0n) is 10.5. The molecule has 0 aliphatic carbocycles. The second kappa shape index (κ2) is 6.03. The molecule has 1 unspecified atom stereocenters. The molecule has 0 saturated carbocycles. The summed E-state index contributed by atoms with van der Waals surface area (Å²) >= 11 is 1.45. The number of aliphatic hydroxyl groups excluding tert-OH is 1. The Labute approximate surface area is 111 Å². The Kier molecular flexibility index (Phi) is 4.40. The van der Waals surface area contributed by atoms with Gasteiger partial charge in [-0.15, -0.1) is 11.3 Å². The predicted octanol–water partition coefficient (Wildman–Crippen LogP) is 1.96. The van der Waals surface area contributed by atoms with Crippen molar-refractivity contribution in [2.45, 2.75) is 19.8 Å². The SMILES string of the molecule is CC1CCN(C(=O)c2sccc2C#CCCO)C1. The maximum absolute atomic E-state index is 12.3. The van der Waals surface area contributed by atoms with Crippen LogP contribution in [0.25, 0.3) is 0 Å². The topological polar surface area (TPSA) is 40.5 Å². The Morgan fingerprint density at radius 2 is 2.50 bits per heavy atom. The second-order valence-electron chi connectivity index (χ2n) is 4.58. The molecule has 1 fully saturated rings. The van der Waals surface area contributed by atoms with Gasteiger partial charge in [-0.2, -0.15) is 0 Å². The molecule has 1 saturated heterocycles. The first-order valence-corrected chi connectivity index (χ1v) is 7.07. The first kappa shape index (κ1) is 13.1. The van der Waals surface area contributed by atoms with Crippen molar-refractivity contribution < 1.29 is 9.90 Å². The quantitative estimate of drug-likeness (QED) is 0.829. The van der Waals surface area contributed by atoms with E-state index in [4.69, 9.17) is 5.11 Å². The van der Waals surface area contributed by atoms with Crippen LogP contribution in [0.3, 0.4) is 0 Å². The summed E-state index contributed by atoms with van der Waals surface area (Å²) in [6.45, 7) is 3.93. The Hall–Kier alpha value is -1.31. The zero-order chi connectivity index (χ0) is 13.0. The lowest BCUT2D eigenvalue weighted by Crippen LogP contribution is -2.28. The third-order valence-corrected chi connectivity index (χ3v) is 3.93. The molecule has 1 aliphatic rings. The molecule has 0 radical (unpaired) electrons. The molecule has 1 amide bonds. The largest absolute Gasteiger partial charge is 0.395 e. The van der Waals surface area contributed by atoms with E-state index in [1.165, 1.54) is 11.3 Å². The highest BCUT2D eigenvalue weighted by atomic mass is 32.1. The average Bonchev–Trinajstić information content (AvgIpc) is 2.97. The lowest BCUT2D eigenvalue weighted by molar-refractivity contribution is 0.0792. The van der Waals surface area contributed by atoms with Crippen LogP contribution in [0.5, 0.6) is 0 Å². The van der Waals surface area contributed by atoms with Gasteiger partial charge in [0.25, 0.3) is 5.91 Å². The number of likely N-dealkylation sites (tertiary alicyclic amines) is 1. The van der Waals surface area contributed by atoms with Gasteiger partial charge in [0.1, 0.15) is 4.88 Å². The molecule has 1 aromatic rings. The summed E-state index contributed by atoms with van der Waals surface area (Å²) in [5.41, 5.74) is 0.790. The predicted molar refractivity (Wildman–Crippen MR) is 72.6 cm³/mol. The summed E-state index contributed by atoms with van der Waals surface area (Å²) in [6, 6.07) is 1.88. The number of hydrogen-bond donors (Lipinski definition) is 1. The van der Waals surface area contributed by atoms with Gasteiger partial charge in [0.05, 0.1) is 6.61 Å². The number of carbonyl (C=O) groups is 1. The summed E-state index contributed by atoms with van der Waals surface area (Å²) in [7, 11) is 0. The van der Waals surface area contributed by atoms with Gasteiger partial charge in [-0.3, -0.25) is 4.79 Å². The lowest BCUT2D eigenvalue weighted by atomic mass is 10.2. The average molecular weight is 263 g/mol. The van der Waals surface area contributed by atoms with E-state index in [0.717, 1.165) is 30.0 Å². The standard InChI is InChI=1S/C14H17NO2S/c1-11-5-7-15(10-11)14(17)13-12(6-9-18-13)4-2-3-8-16/h6,9,11,16H,3,5,7-8,10H2,1H3. The molecule has 18 heavy (non-hydrogen) atoms. The Morgan fingerprint density at radius 1 is 1.67 bits per heavy atom. The molecular formula is C14H17NO2S. The molecule has 1 aliphatic heterocycles. The number of aliphatic hydroxyl groups is 1. The van der Waals surface area contributed by atoms with E-state index in [2.05, 4.69) is 18.8 Å². The van der Waals surface area contributed by atoms with Crippen molar-refractivity contribution in [1.29, 1.82) is 0 Å². The zero-order valence-corrected chi connectivity index (χ0v) is 11.3. The van der Waals surface area contributed by atoms with E-state index in [0.29, 0.717) is 12.3 Å². The van der Waals surface area contributed by atoms with Crippen LogP contribution in [0.15, 0.2) is 11.4 Å². The minimum atomic E-state index is 0.0596. The molecule has 0 bridgehead atoms. The molecule has 0 spiro atoms. The van der Waals surface area contributed by atoms with Crippen LogP contribution in [0, 0.1) is 17.8 Å². The summed E-state index contributed by atoms with van der Waals surface area (Å²) in [4.78, 5) is 15.0. The van der Waals surface area contributed by atoms with Crippen molar-refractivity contribution >= 4 is 17.2 Å². The number of nitrogens with zero attached hydrogens (tertiary/aromatic N) is 1. The molecule has 1 N–H and O–H groups in total. The van der Waals surface area contributed by atoms with Crippen molar-refractivity contribution in [1.82, 2.24) is 4.90 Å². The fourth-order valence-corrected chi connectivity index (χ4v) is 2.87. The highest BCUT2D eigenvalue weighted by molar-refractivity contribution is 7.12. The highest BCUT2D eigenvalue weighted by Gasteiger charge is 2.26. The number of hydrogen-bond acceptors (Lipinski definition) is 3. The molecule has 0 aromatic carbocycles. The summed E-state index contributed by atoms with van der Waals surface area (Å²) in [5, 5.41) is 10.6. The molecule has 4 heteroatoms. The van der Waals surface area contributed by atoms with Crippen molar-refractivity contribution in [2.75, 3.05) is 19.7 Å². The molecular weight excluding hydrogens is 246 g/mol. The monoisotopic (exact) mass is 263 g/mol. The molecule has 1 atom stereocenters. The van der Waals surface area contributed by atoms with E-state index in [1.807, 2.05) is 16.3 Å². The summed E-state index contributed by atoms with van der Waals surface area (Å²) < 4.78 is 0. The smallest absolute Gasteiger partial charge is 0.265 e. The van der Waals surface area contributed by atoms with Gasteiger partial charge in [-0.1, -0.05) is 18.8 Å². The van der Waals surface area contributed by atoms with Crippen LogP contribution < -0.4 is 0 Å². The van der Waals surface area contributed by atoms with Crippen molar-refractivity contribution in [3.8, 4) is 11.8 Å². The third kappa shape index (κ3) is 2.92. The van der Waals surface area contributed by atoms with Crippen LogP contribution in [0.1, 0.15) is 35.0 Å². The van der Waals surface area contributed by atoms with Crippen LogP contribution >= 0.6 is 11.3 Å². The van der Waals surface area contributed by atoms with E-state index in [1.54, 1.807) is 0 Å². The Bertz CT molecular complexity index is 483. The Morgan fingerprint density at radius 3 is 3.17 bits per heavy atom. The van der Waals surface area contributed by atoms with Crippen LogP contribution in [-0.4, -0.2) is 35.6 Å². The number of carbonyl (C=O) groups excluding carboxylic acids is 1. The van der Waals surface area contributed by atoms with Gasteiger partial charge in [-0.25, -0.2) is 0 Å². The van der Waals surface area contributed by atoms with E-state index >= 15 is 0 Å². The first-order chi connectivity index (χ1) is 8.72. The van der Waals surface area contributed by atoms with Crippen molar-refractivity contribution in [3.63, 3.8) is 0 Å². The number of thiophene rings is 1. The molecule has 3 nitrogen and oxygen atoms in total. The van der Waals surface area contributed by atoms with Crippen LogP contribution in [-0.2, 0) is 0 Å². The summed E-state index contributed by atoms with van der Waals surface area (Å²) in [6.07, 6.45) is 1.53. The van der Waals surface area contributed by atoms with Crippen LogP contribution in [0.4, 0.5) is 0 Å². The van der Waals surface area contributed by atoms with Gasteiger partial charge in [-0.05, 0) is 23.8 Å². The summed E-state index contributed by atoms with van der Waals surface area (Å²) in [5.74, 6) is 6.53. The van der Waals surface area contributed by atoms with Gasteiger partial charge >= 0.3 is 0 Å². The van der Waals surface area contributed by atoms with Crippen molar-refractivity contribution in [3.05, 3.63) is 21.9 Å². The fourth-order valence-electron chi connectivity index (χ4n) is 2.05. The lowest BCUT2D eigenvalue weighted by Gasteiger charge is -2.14. The molecule has 96 valence electrons. The second-order valence-corrected chi connectivity index (χ2v) is 5.50. The number of rotatable bonds is 2. The van der Waals surface area contributed by atoms with Gasteiger partial charge in [0.2, 0.25) is 0 Å². The Balaban J connectivity index is 2.12. The molecule has 1 aromatic heterocycles. The normalized spacial score (nSPS) is 18.6. The van der Waals surface area contributed by atoms with Gasteiger partial charge < -0.3 is 10.0 Å². The van der Waals surface area contributed by atoms with Crippen LogP contribution in [0.2, 0.25) is 0 Å². The third-order valence-electron chi connectivity index (χ3n) is 3.03. The van der Waals surface area contributed by atoms with Gasteiger partial charge in [0, 0.05) is 25.1 Å². The molecule has 2 rings (SSSR count). The molecule has 2 heterocycles. The fraction of sp³-hybridized carbons (Fsp3) is 0.500. The van der Waals surface area contributed by atoms with E-state index in [9.17, 15) is 4.79 Å². The highest BCUT2D eigenvalue weighted by Crippen LogP contribution is 2.22. The minimum absolute atomic E-state index is 0.0596. The van der Waals surface area contributed by atoms with Gasteiger partial charge in [0.15, 0.2) is 0 Å². The van der Waals surface area contributed by atoms with E-state index < -0.39 is 0 Å². The maximum Gasteiger partial charge on any atom is 0.265 e. The number of amides is 1. The first-order valence-electron chi connectivity index (χ1n) is 6.19. The van der Waals surface area contributed by atoms with Crippen molar-refractivity contribution in [2.24, 2.45) is 5.92 Å².